The molecule has 0 atom stereocenters. The van der Waals surface area contributed by atoms with Crippen LogP contribution in [0, 0.1) is 10.1 Å². The van der Waals surface area contributed by atoms with E-state index in [9.17, 15) is 10.1 Å². The van der Waals surface area contributed by atoms with E-state index in [0.717, 1.165) is 17.6 Å². The summed E-state index contributed by atoms with van der Waals surface area (Å²) in [6.07, 6.45) is 0.114. The molecule has 1 N–H and O–H groups in total. The molecule has 0 amide bonds. The van der Waals surface area contributed by atoms with E-state index in [0.29, 0.717) is 5.75 Å². The molecule has 0 aromatic heterocycles. The fraction of sp³-hybridized carbons (Fsp3) is 0.333. The molecule has 0 radical (unpaired) electrons. The van der Waals surface area contributed by atoms with Gasteiger partial charge in [-0.1, -0.05) is 0 Å². The fourth-order valence-electron chi connectivity index (χ4n) is 1.22. The first-order valence-electron chi connectivity index (χ1n) is 4.48. The average Bonchev–Trinajstić information content (AvgIpc) is 2.13. The first-order valence-corrected chi connectivity index (χ1v) is 5.27. The minimum Gasteiger partial charge on any atom is -0.486 e. The number of halogens is 1. The molecule has 0 saturated carbocycles. The van der Waals surface area contributed by atoms with Crippen LogP contribution in [0.2, 0.25) is 0 Å². The summed E-state index contributed by atoms with van der Waals surface area (Å²) >= 11 is 3.29. The zero-order valence-electron chi connectivity index (χ0n) is 7.77. The van der Waals surface area contributed by atoms with Gasteiger partial charge in [0.15, 0.2) is 0 Å². The maximum Gasteiger partial charge on any atom is 0.273 e. The number of nitro benzene ring substituents is 1. The first kappa shape index (κ1) is 10.4. The molecule has 1 aromatic carbocycles. The quantitative estimate of drug-likeness (QED) is 0.672. The molecule has 15 heavy (non-hydrogen) atoms. The topological polar surface area (TPSA) is 64.4 Å². The maximum atomic E-state index is 10.6. The minimum absolute atomic E-state index is 0.0421. The van der Waals surface area contributed by atoms with Gasteiger partial charge in [-0.15, -0.1) is 0 Å². The highest BCUT2D eigenvalue weighted by Gasteiger charge is 2.20. The lowest BCUT2D eigenvalue weighted by Crippen LogP contribution is -2.50. The van der Waals surface area contributed by atoms with Crippen molar-refractivity contribution >= 4 is 21.6 Å². The zero-order valence-corrected chi connectivity index (χ0v) is 9.36. The van der Waals surface area contributed by atoms with Gasteiger partial charge in [0.05, 0.1) is 15.5 Å². The van der Waals surface area contributed by atoms with E-state index in [1.54, 1.807) is 6.07 Å². The standard InChI is InChI=1S/C9H9BrN2O3/c10-8-2-1-6(12(13)14)3-9(8)15-7-4-11-5-7/h1-3,7,11H,4-5H2. The summed E-state index contributed by atoms with van der Waals surface area (Å²) < 4.78 is 6.29. The molecule has 5 nitrogen and oxygen atoms in total. The Balaban J connectivity index is 2.19. The summed E-state index contributed by atoms with van der Waals surface area (Å²) in [5, 5.41) is 13.6. The minimum atomic E-state index is -0.432. The predicted molar refractivity (Wildman–Crippen MR) is 58.1 cm³/mol. The van der Waals surface area contributed by atoms with Crippen LogP contribution in [-0.4, -0.2) is 24.1 Å². The van der Waals surface area contributed by atoms with Crippen molar-refractivity contribution in [3.63, 3.8) is 0 Å². The van der Waals surface area contributed by atoms with Crippen LogP contribution in [0.15, 0.2) is 22.7 Å². The Kier molecular flexibility index (Phi) is 2.88. The summed E-state index contributed by atoms with van der Waals surface area (Å²) in [5.74, 6) is 0.524. The number of nitro groups is 1. The second kappa shape index (κ2) is 4.16. The third kappa shape index (κ3) is 2.27. The number of nitrogens with one attached hydrogen (secondary N) is 1. The van der Waals surface area contributed by atoms with E-state index >= 15 is 0 Å². The van der Waals surface area contributed by atoms with Gasteiger partial charge in [0.2, 0.25) is 0 Å². The number of non-ortho nitro benzene ring substituents is 1. The Labute approximate surface area is 94.7 Å². The van der Waals surface area contributed by atoms with Crippen molar-refractivity contribution in [1.82, 2.24) is 5.32 Å². The smallest absolute Gasteiger partial charge is 0.273 e. The third-order valence-electron chi connectivity index (χ3n) is 2.16. The van der Waals surface area contributed by atoms with Crippen molar-refractivity contribution in [1.29, 1.82) is 0 Å². The molecule has 1 aliphatic rings. The number of nitrogens with zero attached hydrogens (tertiary/aromatic N) is 1. The van der Waals surface area contributed by atoms with Crippen molar-refractivity contribution in [3.05, 3.63) is 32.8 Å². The summed E-state index contributed by atoms with van der Waals surface area (Å²) in [6.45, 7) is 1.57. The van der Waals surface area contributed by atoms with Crippen LogP contribution < -0.4 is 10.1 Å². The van der Waals surface area contributed by atoms with E-state index in [1.807, 2.05) is 0 Å². The van der Waals surface area contributed by atoms with Crippen LogP contribution in [-0.2, 0) is 0 Å². The van der Waals surface area contributed by atoms with Crippen LogP contribution in [0.1, 0.15) is 0 Å². The van der Waals surface area contributed by atoms with E-state index in [2.05, 4.69) is 21.2 Å². The van der Waals surface area contributed by atoms with E-state index in [4.69, 9.17) is 4.74 Å². The second-order valence-corrected chi connectivity index (χ2v) is 4.12. The van der Waals surface area contributed by atoms with Crippen molar-refractivity contribution in [2.75, 3.05) is 13.1 Å². The van der Waals surface area contributed by atoms with E-state index in [1.165, 1.54) is 12.1 Å². The van der Waals surface area contributed by atoms with Crippen LogP contribution in [0.5, 0.6) is 5.75 Å². The molecule has 1 saturated heterocycles. The number of hydrogen-bond donors (Lipinski definition) is 1. The Morgan fingerprint density at radius 2 is 2.27 bits per heavy atom. The van der Waals surface area contributed by atoms with Gasteiger partial charge in [0.25, 0.3) is 5.69 Å². The molecule has 80 valence electrons. The van der Waals surface area contributed by atoms with Gasteiger partial charge in [-0.2, -0.15) is 0 Å². The average molecular weight is 273 g/mol. The number of hydrogen-bond acceptors (Lipinski definition) is 4. The van der Waals surface area contributed by atoms with E-state index in [-0.39, 0.29) is 11.8 Å². The van der Waals surface area contributed by atoms with Crippen molar-refractivity contribution in [3.8, 4) is 5.75 Å². The fourth-order valence-corrected chi connectivity index (χ4v) is 1.56. The van der Waals surface area contributed by atoms with Gasteiger partial charge in [-0.05, 0) is 22.0 Å². The highest BCUT2D eigenvalue weighted by atomic mass is 79.9. The predicted octanol–water partition coefficient (Wildman–Crippen LogP) is 1.71. The normalized spacial score (nSPS) is 15.8. The van der Waals surface area contributed by atoms with Crippen molar-refractivity contribution in [2.45, 2.75) is 6.10 Å². The Morgan fingerprint density at radius 3 is 2.80 bits per heavy atom. The number of benzene rings is 1. The SMILES string of the molecule is O=[N+]([O-])c1ccc(Br)c(OC2CNC2)c1. The second-order valence-electron chi connectivity index (χ2n) is 3.27. The van der Waals surface area contributed by atoms with Crippen LogP contribution in [0.4, 0.5) is 5.69 Å². The highest BCUT2D eigenvalue weighted by molar-refractivity contribution is 9.10. The molecule has 0 bridgehead atoms. The Morgan fingerprint density at radius 1 is 1.53 bits per heavy atom. The Bertz CT molecular complexity index is 393. The molecule has 0 unspecified atom stereocenters. The molecule has 1 aromatic rings. The highest BCUT2D eigenvalue weighted by Crippen LogP contribution is 2.30. The monoisotopic (exact) mass is 272 g/mol. The summed E-state index contributed by atoms with van der Waals surface area (Å²) in [7, 11) is 0. The van der Waals surface area contributed by atoms with Crippen molar-refractivity contribution in [2.24, 2.45) is 0 Å². The molecule has 0 aliphatic carbocycles. The molecular formula is C9H9BrN2O3. The lowest BCUT2D eigenvalue weighted by atomic mass is 10.2. The lowest BCUT2D eigenvalue weighted by Gasteiger charge is -2.28. The molecule has 1 aliphatic heterocycles. The molecule has 6 heteroatoms. The summed E-state index contributed by atoms with van der Waals surface area (Å²) in [4.78, 5) is 10.1. The molecule has 0 spiro atoms. The molecule has 1 heterocycles. The van der Waals surface area contributed by atoms with Crippen LogP contribution in [0.3, 0.4) is 0 Å². The van der Waals surface area contributed by atoms with Gasteiger partial charge in [0, 0.05) is 19.2 Å². The van der Waals surface area contributed by atoms with Gasteiger partial charge >= 0.3 is 0 Å². The van der Waals surface area contributed by atoms with Gasteiger partial charge in [0.1, 0.15) is 11.9 Å². The third-order valence-corrected chi connectivity index (χ3v) is 2.82. The Hall–Kier alpha value is -1.14. The maximum absolute atomic E-state index is 10.6. The molecule has 2 rings (SSSR count). The van der Waals surface area contributed by atoms with Gasteiger partial charge in [-0.3, -0.25) is 10.1 Å². The summed E-state index contributed by atoms with van der Waals surface area (Å²) in [5.41, 5.74) is 0.0421. The van der Waals surface area contributed by atoms with Gasteiger partial charge < -0.3 is 10.1 Å². The van der Waals surface area contributed by atoms with Crippen LogP contribution >= 0.6 is 15.9 Å². The molecule has 1 fully saturated rings. The van der Waals surface area contributed by atoms with Gasteiger partial charge in [-0.25, -0.2) is 0 Å². The first-order chi connectivity index (χ1) is 7.16. The van der Waals surface area contributed by atoms with E-state index < -0.39 is 4.92 Å². The number of rotatable bonds is 3. The lowest BCUT2D eigenvalue weighted by molar-refractivity contribution is -0.385. The van der Waals surface area contributed by atoms with Crippen molar-refractivity contribution < 1.29 is 9.66 Å². The molecular weight excluding hydrogens is 264 g/mol. The largest absolute Gasteiger partial charge is 0.486 e. The zero-order chi connectivity index (χ0) is 10.8. The summed E-state index contributed by atoms with van der Waals surface area (Å²) in [6, 6.07) is 4.50. The number of ether oxygens (including phenoxy) is 1. The van der Waals surface area contributed by atoms with Crippen LogP contribution in [0.25, 0.3) is 0 Å².